The zero-order valence-electron chi connectivity index (χ0n) is 12.9. The molecule has 1 aromatic heterocycles. The van der Waals surface area contributed by atoms with Gasteiger partial charge in [0.25, 0.3) is 0 Å². The third-order valence-electron chi connectivity index (χ3n) is 3.69. The van der Waals surface area contributed by atoms with Crippen LogP contribution in [0.5, 0.6) is 0 Å². The number of nitrogens with one attached hydrogen (secondary N) is 1. The van der Waals surface area contributed by atoms with Crippen molar-refractivity contribution in [1.82, 2.24) is 4.98 Å². The second kappa shape index (κ2) is 6.56. The Labute approximate surface area is 128 Å². The van der Waals surface area contributed by atoms with Crippen molar-refractivity contribution in [2.24, 2.45) is 5.92 Å². The quantitative estimate of drug-likeness (QED) is 0.678. The van der Waals surface area contributed by atoms with Crippen LogP contribution in [0.3, 0.4) is 0 Å². The summed E-state index contributed by atoms with van der Waals surface area (Å²) in [4.78, 5) is 39.4. The molecule has 5 nitrogen and oxygen atoms in total. The number of ether oxygens (including phenoxy) is 1. The molecule has 0 aliphatic rings. The normalized spacial score (nSPS) is 12.1. The molecule has 2 aromatic rings. The number of hydrogen-bond acceptors (Lipinski definition) is 4. The van der Waals surface area contributed by atoms with E-state index in [0.29, 0.717) is 16.6 Å². The first-order valence-electron chi connectivity index (χ1n) is 7.23. The number of rotatable bonds is 5. The molecule has 1 N–H and O–H groups in total. The highest BCUT2D eigenvalue weighted by Crippen LogP contribution is 2.16. The predicted molar refractivity (Wildman–Crippen MR) is 83.8 cm³/mol. The fourth-order valence-electron chi connectivity index (χ4n) is 2.49. The van der Waals surface area contributed by atoms with Crippen molar-refractivity contribution in [1.29, 1.82) is 0 Å². The van der Waals surface area contributed by atoms with Gasteiger partial charge in [0, 0.05) is 22.2 Å². The number of benzene rings is 1. The van der Waals surface area contributed by atoms with E-state index in [1.165, 1.54) is 6.92 Å². The molecule has 1 atom stereocenters. The van der Waals surface area contributed by atoms with Gasteiger partial charge < -0.3 is 9.72 Å². The van der Waals surface area contributed by atoms with Crippen LogP contribution in [-0.4, -0.2) is 23.3 Å². The Morgan fingerprint density at radius 2 is 1.95 bits per heavy atom. The van der Waals surface area contributed by atoms with Crippen molar-refractivity contribution < 1.29 is 14.3 Å². The summed E-state index contributed by atoms with van der Waals surface area (Å²) in [5, 5.41) is 0.550. The molecule has 2 rings (SSSR count). The molecule has 0 spiro atoms. The number of fused-ring (bicyclic) bond motifs is 1. The lowest BCUT2D eigenvalue weighted by atomic mass is 9.94. The number of aromatic amines is 1. The molecule has 0 saturated heterocycles. The third-order valence-corrected chi connectivity index (χ3v) is 3.69. The van der Waals surface area contributed by atoms with Gasteiger partial charge in [0.2, 0.25) is 0 Å². The second-order valence-corrected chi connectivity index (χ2v) is 5.22. The van der Waals surface area contributed by atoms with E-state index in [9.17, 15) is 14.4 Å². The second-order valence-electron chi connectivity index (χ2n) is 5.22. The van der Waals surface area contributed by atoms with E-state index in [-0.39, 0.29) is 24.2 Å². The largest absolute Gasteiger partial charge is 0.465 e. The molecule has 0 fully saturated rings. The molecule has 1 heterocycles. The van der Waals surface area contributed by atoms with Gasteiger partial charge in [0.15, 0.2) is 5.43 Å². The van der Waals surface area contributed by atoms with Crippen LogP contribution in [0.4, 0.5) is 0 Å². The lowest BCUT2D eigenvalue weighted by Gasteiger charge is -2.14. The van der Waals surface area contributed by atoms with E-state index < -0.39 is 11.9 Å². The zero-order valence-corrected chi connectivity index (χ0v) is 12.9. The average Bonchev–Trinajstić information content (AvgIpc) is 2.47. The Morgan fingerprint density at radius 3 is 2.59 bits per heavy atom. The lowest BCUT2D eigenvalue weighted by molar-refractivity contribution is -0.151. The topological polar surface area (TPSA) is 76.2 Å². The van der Waals surface area contributed by atoms with Crippen molar-refractivity contribution >= 4 is 22.7 Å². The summed E-state index contributed by atoms with van der Waals surface area (Å²) >= 11 is 0. The molecule has 0 saturated carbocycles. The molecule has 116 valence electrons. The van der Waals surface area contributed by atoms with Crippen molar-refractivity contribution in [3.05, 3.63) is 45.7 Å². The van der Waals surface area contributed by atoms with Gasteiger partial charge in [-0.1, -0.05) is 12.1 Å². The van der Waals surface area contributed by atoms with Gasteiger partial charge in [-0.2, -0.15) is 0 Å². The SMILES string of the molecule is CCOC(=O)[C@H](Cc1c(C)[nH]c2ccccc2c1=O)C(C)=O. The van der Waals surface area contributed by atoms with E-state index in [4.69, 9.17) is 4.74 Å². The van der Waals surface area contributed by atoms with Crippen molar-refractivity contribution in [3.8, 4) is 0 Å². The molecule has 0 bridgehead atoms. The summed E-state index contributed by atoms with van der Waals surface area (Å²) < 4.78 is 4.93. The molecular formula is C17H19NO4. The molecule has 0 amide bonds. The Hall–Kier alpha value is -2.43. The van der Waals surface area contributed by atoms with E-state index in [1.807, 2.05) is 12.1 Å². The summed E-state index contributed by atoms with van der Waals surface area (Å²) in [6.45, 7) is 5.00. The van der Waals surface area contributed by atoms with Gasteiger partial charge in [-0.05, 0) is 39.3 Å². The molecular weight excluding hydrogens is 282 g/mol. The number of para-hydroxylation sites is 1. The van der Waals surface area contributed by atoms with Crippen LogP contribution < -0.4 is 5.43 Å². The summed E-state index contributed by atoms with van der Waals surface area (Å²) in [5.41, 5.74) is 1.71. The maximum Gasteiger partial charge on any atom is 0.316 e. The van der Waals surface area contributed by atoms with Crippen molar-refractivity contribution in [2.75, 3.05) is 6.61 Å². The van der Waals surface area contributed by atoms with Crippen LogP contribution in [0.2, 0.25) is 0 Å². The number of carbonyl (C=O) groups excluding carboxylic acids is 2. The van der Waals surface area contributed by atoms with Crippen LogP contribution in [-0.2, 0) is 20.7 Å². The Balaban J connectivity index is 2.48. The Bertz CT molecular complexity index is 776. The minimum atomic E-state index is -0.944. The van der Waals surface area contributed by atoms with Crippen LogP contribution in [0.15, 0.2) is 29.1 Å². The number of Topliss-reactive ketones (excluding diaryl/α,β-unsaturated/α-hetero) is 1. The smallest absolute Gasteiger partial charge is 0.316 e. The molecule has 1 aromatic carbocycles. The van der Waals surface area contributed by atoms with Gasteiger partial charge in [-0.15, -0.1) is 0 Å². The average molecular weight is 301 g/mol. The summed E-state index contributed by atoms with van der Waals surface area (Å²) in [7, 11) is 0. The number of carbonyl (C=O) groups is 2. The number of aryl methyl sites for hydroxylation is 1. The number of pyridine rings is 1. The maximum absolute atomic E-state index is 12.6. The number of esters is 1. The molecule has 22 heavy (non-hydrogen) atoms. The van der Waals surface area contributed by atoms with Gasteiger partial charge in [-0.25, -0.2) is 0 Å². The molecule has 0 radical (unpaired) electrons. The fraction of sp³-hybridized carbons (Fsp3) is 0.353. The standard InChI is InChI=1S/C17H19NO4/c1-4-22-17(21)14(11(3)19)9-13-10(2)18-15-8-6-5-7-12(15)16(13)20/h5-8,14H,4,9H2,1-3H3,(H,18,20)/t14-/m1/s1. The summed E-state index contributed by atoms with van der Waals surface area (Å²) in [6.07, 6.45) is 0.0557. The predicted octanol–water partition coefficient (Wildman–Crippen LogP) is 2.15. The summed E-state index contributed by atoms with van der Waals surface area (Å²) in [6, 6.07) is 7.17. The highest BCUT2D eigenvalue weighted by molar-refractivity contribution is 5.98. The monoisotopic (exact) mass is 301 g/mol. The Morgan fingerprint density at radius 1 is 1.27 bits per heavy atom. The minimum Gasteiger partial charge on any atom is -0.465 e. The number of aromatic nitrogens is 1. The minimum absolute atomic E-state index is 0.0557. The zero-order chi connectivity index (χ0) is 16.3. The lowest BCUT2D eigenvalue weighted by Crippen LogP contribution is -2.29. The fourth-order valence-corrected chi connectivity index (χ4v) is 2.49. The maximum atomic E-state index is 12.6. The van der Waals surface area contributed by atoms with E-state index in [0.717, 1.165) is 5.52 Å². The number of H-pyrrole nitrogens is 1. The van der Waals surface area contributed by atoms with Gasteiger partial charge in [0.1, 0.15) is 11.7 Å². The van der Waals surface area contributed by atoms with Gasteiger partial charge in [-0.3, -0.25) is 14.4 Å². The summed E-state index contributed by atoms with van der Waals surface area (Å²) in [5.74, 6) is -1.83. The first-order chi connectivity index (χ1) is 10.5. The highest BCUT2D eigenvalue weighted by Gasteiger charge is 2.27. The molecule has 0 unspecified atom stereocenters. The van der Waals surface area contributed by atoms with E-state index >= 15 is 0 Å². The van der Waals surface area contributed by atoms with Gasteiger partial charge >= 0.3 is 5.97 Å². The Kier molecular flexibility index (Phi) is 4.75. The van der Waals surface area contributed by atoms with Crippen LogP contribution in [0.25, 0.3) is 10.9 Å². The first kappa shape index (κ1) is 15.9. The van der Waals surface area contributed by atoms with Crippen molar-refractivity contribution in [2.45, 2.75) is 27.2 Å². The van der Waals surface area contributed by atoms with Crippen LogP contribution in [0.1, 0.15) is 25.1 Å². The van der Waals surface area contributed by atoms with Crippen molar-refractivity contribution in [3.63, 3.8) is 0 Å². The molecule has 5 heteroatoms. The molecule has 0 aliphatic carbocycles. The highest BCUT2D eigenvalue weighted by atomic mass is 16.5. The van der Waals surface area contributed by atoms with Crippen LogP contribution in [0, 0.1) is 12.8 Å². The molecule has 0 aliphatic heterocycles. The van der Waals surface area contributed by atoms with Crippen LogP contribution >= 0.6 is 0 Å². The van der Waals surface area contributed by atoms with E-state index in [1.54, 1.807) is 26.0 Å². The first-order valence-corrected chi connectivity index (χ1v) is 7.23. The number of hydrogen-bond donors (Lipinski definition) is 1. The van der Waals surface area contributed by atoms with E-state index in [2.05, 4.69) is 4.98 Å². The third kappa shape index (κ3) is 3.08. The van der Waals surface area contributed by atoms with Gasteiger partial charge in [0.05, 0.1) is 6.61 Å². The number of ketones is 1.